The summed E-state index contributed by atoms with van der Waals surface area (Å²) in [5, 5.41) is 0. The molecule has 178 valence electrons. The molecule has 2 fully saturated rings. The van der Waals surface area contributed by atoms with E-state index in [1.807, 2.05) is 16.4 Å². The molecule has 33 heavy (non-hydrogen) atoms. The molecule has 2 aromatic rings. The number of piperazine rings is 1. The lowest BCUT2D eigenvalue weighted by Gasteiger charge is -2.40. The predicted octanol–water partition coefficient (Wildman–Crippen LogP) is 4.26. The summed E-state index contributed by atoms with van der Waals surface area (Å²) in [6, 6.07) is 8.53. The number of nitrogens with zero attached hydrogens (tertiary/aromatic N) is 3. The largest absolute Gasteiger partial charge is 0.462 e. The molecular weight excluding hydrogens is 421 g/mol. The van der Waals surface area contributed by atoms with Gasteiger partial charge in [0.1, 0.15) is 12.4 Å². The van der Waals surface area contributed by atoms with Crippen molar-refractivity contribution >= 4 is 11.9 Å². The van der Waals surface area contributed by atoms with Gasteiger partial charge in [0.05, 0.1) is 12.2 Å². The fourth-order valence-corrected chi connectivity index (χ4v) is 5.14. The molecule has 2 heterocycles. The number of benzene rings is 1. The Bertz CT molecular complexity index is 971. The zero-order chi connectivity index (χ0) is 23.4. The quantitative estimate of drug-likeness (QED) is 0.611. The molecule has 6 nitrogen and oxygen atoms in total. The van der Waals surface area contributed by atoms with E-state index in [9.17, 15) is 14.0 Å². The van der Waals surface area contributed by atoms with Crippen molar-refractivity contribution in [1.82, 2.24) is 14.4 Å². The molecule has 1 saturated heterocycles. The first kappa shape index (κ1) is 23.5. The van der Waals surface area contributed by atoms with Crippen LogP contribution in [-0.4, -0.2) is 65.1 Å². The van der Waals surface area contributed by atoms with Gasteiger partial charge in [0.2, 0.25) is 5.91 Å². The van der Waals surface area contributed by atoms with Crippen molar-refractivity contribution in [3.63, 3.8) is 0 Å². The van der Waals surface area contributed by atoms with Crippen LogP contribution >= 0.6 is 0 Å². The summed E-state index contributed by atoms with van der Waals surface area (Å²) < 4.78 is 20.6. The maximum atomic E-state index is 13.5. The van der Waals surface area contributed by atoms with Gasteiger partial charge in [0.15, 0.2) is 0 Å². The van der Waals surface area contributed by atoms with Crippen molar-refractivity contribution in [2.45, 2.75) is 58.5 Å². The summed E-state index contributed by atoms with van der Waals surface area (Å²) in [5.74, 6) is -0.701. The minimum Gasteiger partial charge on any atom is -0.462 e. The molecule has 0 atom stereocenters. The average Bonchev–Trinajstić information content (AvgIpc) is 3.16. The van der Waals surface area contributed by atoms with Crippen LogP contribution in [0.4, 0.5) is 4.39 Å². The molecule has 0 bridgehead atoms. The van der Waals surface area contributed by atoms with Crippen molar-refractivity contribution < 1.29 is 18.7 Å². The van der Waals surface area contributed by atoms with Crippen molar-refractivity contribution in [3.8, 4) is 11.3 Å². The van der Waals surface area contributed by atoms with Gasteiger partial charge < -0.3 is 14.2 Å². The van der Waals surface area contributed by atoms with Crippen LogP contribution < -0.4 is 0 Å². The van der Waals surface area contributed by atoms with Gasteiger partial charge in [0, 0.05) is 43.6 Å². The first-order valence-corrected chi connectivity index (χ1v) is 12.1. The molecule has 0 unspecified atom stereocenters. The second kappa shape index (κ2) is 10.5. The topological polar surface area (TPSA) is 54.8 Å². The number of ether oxygens (including phenoxy) is 1. The van der Waals surface area contributed by atoms with Crippen molar-refractivity contribution in [1.29, 1.82) is 0 Å². The van der Waals surface area contributed by atoms with Crippen LogP contribution in [0.3, 0.4) is 0 Å². The van der Waals surface area contributed by atoms with Gasteiger partial charge in [0.25, 0.3) is 0 Å². The number of hydrogen-bond acceptors (Lipinski definition) is 4. The third-order valence-electron chi connectivity index (χ3n) is 7.05. The van der Waals surface area contributed by atoms with E-state index in [1.54, 1.807) is 25.1 Å². The van der Waals surface area contributed by atoms with Gasteiger partial charge in [-0.2, -0.15) is 0 Å². The maximum absolute atomic E-state index is 13.5. The van der Waals surface area contributed by atoms with Crippen LogP contribution in [0.2, 0.25) is 0 Å². The van der Waals surface area contributed by atoms with Gasteiger partial charge >= 0.3 is 5.97 Å². The Morgan fingerprint density at radius 1 is 1.03 bits per heavy atom. The van der Waals surface area contributed by atoms with Gasteiger partial charge in [-0.25, -0.2) is 9.18 Å². The molecule has 7 heteroatoms. The van der Waals surface area contributed by atoms with Crippen LogP contribution in [0.25, 0.3) is 11.3 Å². The Balaban J connectivity index is 1.51. The van der Waals surface area contributed by atoms with Crippen molar-refractivity contribution in [2.75, 3.05) is 32.8 Å². The normalized spacial score (nSPS) is 17.8. The predicted molar refractivity (Wildman–Crippen MR) is 126 cm³/mol. The van der Waals surface area contributed by atoms with Gasteiger partial charge in [-0.15, -0.1) is 0 Å². The molecular formula is C26H34FN3O3. The first-order chi connectivity index (χ1) is 16.0. The lowest BCUT2D eigenvalue weighted by atomic mass is 9.94. The van der Waals surface area contributed by atoms with Gasteiger partial charge in [-0.3, -0.25) is 9.69 Å². The van der Waals surface area contributed by atoms with E-state index in [0.29, 0.717) is 23.0 Å². The average molecular weight is 456 g/mol. The third-order valence-corrected chi connectivity index (χ3v) is 7.05. The van der Waals surface area contributed by atoms with E-state index < -0.39 is 5.97 Å². The van der Waals surface area contributed by atoms with Gasteiger partial charge in [-0.05, 0) is 62.6 Å². The lowest BCUT2D eigenvalue weighted by Crippen LogP contribution is -2.52. The molecule has 0 radical (unpaired) electrons. The Morgan fingerprint density at radius 3 is 2.33 bits per heavy atom. The molecule has 1 aliphatic heterocycles. The van der Waals surface area contributed by atoms with E-state index in [4.69, 9.17) is 4.74 Å². The smallest absolute Gasteiger partial charge is 0.339 e. The number of halogens is 1. The number of carbonyl (C=O) groups is 2. The maximum Gasteiger partial charge on any atom is 0.339 e. The summed E-state index contributed by atoms with van der Waals surface area (Å²) in [6.07, 6.45) is 6.51. The minimum absolute atomic E-state index is 0.0377. The molecule has 4 rings (SSSR count). The van der Waals surface area contributed by atoms with Crippen molar-refractivity contribution in [2.24, 2.45) is 0 Å². The third kappa shape index (κ3) is 5.29. The van der Waals surface area contributed by atoms with E-state index in [0.717, 1.165) is 31.7 Å². The summed E-state index contributed by atoms with van der Waals surface area (Å²) in [6.45, 7) is 7.30. The first-order valence-electron chi connectivity index (χ1n) is 12.1. The van der Waals surface area contributed by atoms with Crippen LogP contribution in [0.1, 0.15) is 55.1 Å². The van der Waals surface area contributed by atoms with Crippen LogP contribution in [0.15, 0.2) is 30.3 Å². The van der Waals surface area contributed by atoms with Crippen LogP contribution in [-0.2, 0) is 16.1 Å². The fraction of sp³-hybridized carbons (Fsp3) is 0.538. The Labute approximate surface area is 195 Å². The molecule has 1 amide bonds. The summed E-state index contributed by atoms with van der Waals surface area (Å²) in [7, 11) is 0. The minimum atomic E-state index is -0.411. The summed E-state index contributed by atoms with van der Waals surface area (Å²) in [5.41, 5.74) is 2.59. The zero-order valence-corrected chi connectivity index (χ0v) is 19.7. The zero-order valence-electron chi connectivity index (χ0n) is 19.7. The van der Waals surface area contributed by atoms with E-state index in [2.05, 4.69) is 4.90 Å². The summed E-state index contributed by atoms with van der Waals surface area (Å²) in [4.78, 5) is 30.2. The van der Waals surface area contributed by atoms with Crippen LogP contribution in [0, 0.1) is 12.7 Å². The molecule has 2 aliphatic rings. The Kier molecular flexibility index (Phi) is 7.48. The molecule has 1 aliphatic carbocycles. The fourth-order valence-electron chi connectivity index (χ4n) is 5.14. The molecule has 1 aromatic heterocycles. The molecule has 1 saturated carbocycles. The second-order valence-corrected chi connectivity index (χ2v) is 9.05. The summed E-state index contributed by atoms with van der Waals surface area (Å²) >= 11 is 0. The number of rotatable bonds is 6. The highest BCUT2D eigenvalue weighted by Gasteiger charge is 2.28. The lowest BCUT2D eigenvalue weighted by molar-refractivity contribution is -0.134. The number of aromatic nitrogens is 1. The van der Waals surface area contributed by atoms with E-state index in [1.165, 1.54) is 44.2 Å². The standard InChI is InChI=1S/C26H34FN3O3/c1-3-33-26(32)23-17-24(20-9-11-21(27)12-10-20)30(19(23)2)18-25(31)29-15-13-28(14-16-29)22-7-5-4-6-8-22/h9-12,17,22H,3-8,13-16,18H2,1-2H3. The highest BCUT2D eigenvalue weighted by Crippen LogP contribution is 2.28. The second-order valence-electron chi connectivity index (χ2n) is 9.05. The highest BCUT2D eigenvalue weighted by atomic mass is 19.1. The van der Waals surface area contributed by atoms with Crippen LogP contribution in [0.5, 0.6) is 0 Å². The van der Waals surface area contributed by atoms with E-state index >= 15 is 0 Å². The molecule has 0 spiro atoms. The monoisotopic (exact) mass is 455 g/mol. The number of hydrogen-bond donors (Lipinski definition) is 0. The number of esters is 1. The van der Waals surface area contributed by atoms with Gasteiger partial charge in [-0.1, -0.05) is 19.3 Å². The molecule has 1 aromatic carbocycles. The number of amides is 1. The SMILES string of the molecule is CCOC(=O)c1cc(-c2ccc(F)cc2)n(CC(=O)N2CCN(C3CCCCC3)CC2)c1C. The Morgan fingerprint density at radius 2 is 1.70 bits per heavy atom. The van der Waals surface area contributed by atoms with Crippen molar-refractivity contribution in [3.05, 3.63) is 47.4 Å². The number of carbonyl (C=O) groups excluding carboxylic acids is 2. The Hall–Kier alpha value is -2.67. The van der Waals surface area contributed by atoms with E-state index in [-0.39, 0.29) is 24.9 Å². The highest BCUT2D eigenvalue weighted by molar-refractivity contribution is 5.93. The molecule has 0 N–H and O–H groups in total.